The molecule has 1 aliphatic carbocycles. The normalized spacial score (nSPS) is 15.1. The molecule has 1 heterocycles. The molecule has 88 valence electrons. The van der Waals surface area contributed by atoms with Crippen molar-refractivity contribution in [3.05, 3.63) is 41.2 Å². The summed E-state index contributed by atoms with van der Waals surface area (Å²) >= 11 is 6.09. The number of hydrogen-bond acceptors (Lipinski definition) is 3. The van der Waals surface area contributed by atoms with Gasteiger partial charge >= 0.3 is 0 Å². The zero-order valence-electron chi connectivity index (χ0n) is 9.32. The summed E-state index contributed by atoms with van der Waals surface area (Å²) in [6, 6.07) is 8.24. The van der Waals surface area contributed by atoms with E-state index in [0.717, 1.165) is 17.8 Å². The van der Waals surface area contributed by atoms with E-state index in [-0.39, 0.29) is 0 Å². The van der Waals surface area contributed by atoms with E-state index in [0.29, 0.717) is 17.0 Å². The fourth-order valence-electron chi connectivity index (χ4n) is 1.68. The highest BCUT2D eigenvalue weighted by Crippen LogP contribution is 2.27. The van der Waals surface area contributed by atoms with Crippen LogP contribution in [0.1, 0.15) is 18.5 Å². The predicted molar refractivity (Wildman–Crippen MR) is 66.8 cm³/mol. The molecular weight excluding hydrogens is 236 g/mol. The van der Waals surface area contributed by atoms with Crippen molar-refractivity contribution in [3.8, 4) is 11.5 Å². The summed E-state index contributed by atoms with van der Waals surface area (Å²) in [5.41, 5.74) is 1.76. The second-order valence-electron chi connectivity index (χ2n) is 4.28. The number of benzene rings is 1. The summed E-state index contributed by atoms with van der Waals surface area (Å²) in [6.07, 6.45) is 4.23. The quantitative estimate of drug-likeness (QED) is 0.903. The largest absolute Gasteiger partial charge is 0.444 e. The standard InChI is InChI=1S/C13H13ClN2O/c14-12-4-2-1-3-11(12)13-16-10(8-17-13)7-15-9-5-6-9/h1-4,8-9,15H,5-7H2. The maximum atomic E-state index is 6.09. The minimum absolute atomic E-state index is 0.586. The van der Waals surface area contributed by atoms with Crippen LogP contribution in [0.4, 0.5) is 0 Å². The number of hydrogen-bond donors (Lipinski definition) is 1. The van der Waals surface area contributed by atoms with E-state index in [1.54, 1.807) is 6.26 Å². The van der Waals surface area contributed by atoms with Crippen molar-refractivity contribution in [1.82, 2.24) is 10.3 Å². The van der Waals surface area contributed by atoms with Gasteiger partial charge in [0.05, 0.1) is 16.3 Å². The van der Waals surface area contributed by atoms with Gasteiger partial charge in [-0.25, -0.2) is 4.98 Å². The molecule has 0 radical (unpaired) electrons. The number of oxazole rings is 1. The molecule has 2 aromatic rings. The van der Waals surface area contributed by atoms with E-state index in [2.05, 4.69) is 10.3 Å². The van der Waals surface area contributed by atoms with E-state index in [9.17, 15) is 0 Å². The van der Waals surface area contributed by atoms with Crippen molar-refractivity contribution in [3.63, 3.8) is 0 Å². The van der Waals surface area contributed by atoms with Gasteiger partial charge in [0.2, 0.25) is 5.89 Å². The van der Waals surface area contributed by atoms with Crippen molar-refractivity contribution in [2.24, 2.45) is 0 Å². The van der Waals surface area contributed by atoms with Gasteiger partial charge in [-0.05, 0) is 25.0 Å². The first kappa shape index (κ1) is 10.8. The number of nitrogens with one attached hydrogen (secondary N) is 1. The molecule has 1 aromatic carbocycles. The Bertz CT molecular complexity index is 520. The van der Waals surface area contributed by atoms with Crippen LogP contribution >= 0.6 is 11.6 Å². The zero-order valence-corrected chi connectivity index (χ0v) is 10.1. The zero-order chi connectivity index (χ0) is 11.7. The van der Waals surface area contributed by atoms with Crippen LogP contribution < -0.4 is 5.32 Å². The van der Waals surface area contributed by atoms with Crippen LogP contribution in [0.15, 0.2) is 34.9 Å². The summed E-state index contributed by atoms with van der Waals surface area (Å²) < 4.78 is 5.45. The van der Waals surface area contributed by atoms with Gasteiger partial charge < -0.3 is 9.73 Å². The van der Waals surface area contributed by atoms with E-state index in [4.69, 9.17) is 16.0 Å². The fraction of sp³-hybridized carbons (Fsp3) is 0.308. The lowest BCUT2D eigenvalue weighted by molar-refractivity contribution is 0.570. The summed E-state index contributed by atoms with van der Waals surface area (Å²) in [6.45, 7) is 0.763. The van der Waals surface area contributed by atoms with Gasteiger partial charge in [-0.15, -0.1) is 0 Å². The summed E-state index contributed by atoms with van der Waals surface area (Å²) in [4.78, 5) is 4.43. The molecule has 1 fully saturated rings. The Kier molecular flexibility index (Phi) is 2.87. The Morgan fingerprint density at radius 1 is 1.35 bits per heavy atom. The summed E-state index contributed by atoms with van der Waals surface area (Å²) in [5.74, 6) is 0.586. The second-order valence-corrected chi connectivity index (χ2v) is 4.69. The molecule has 1 N–H and O–H groups in total. The fourth-order valence-corrected chi connectivity index (χ4v) is 1.90. The average Bonchev–Trinajstić information content (AvgIpc) is 3.06. The first-order valence-electron chi connectivity index (χ1n) is 5.75. The van der Waals surface area contributed by atoms with Gasteiger partial charge in [0.25, 0.3) is 0 Å². The minimum atomic E-state index is 0.586. The molecule has 1 aromatic heterocycles. The Balaban J connectivity index is 1.77. The molecule has 4 heteroatoms. The molecule has 3 nitrogen and oxygen atoms in total. The highest BCUT2D eigenvalue weighted by Gasteiger charge is 2.20. The SMILES string of the molecule is Clc1ccccc1-c1nc(CNC2CC2)co1. The lowest BCUT2D eigenvalue weighted by Crippen LogP contribution is -2.15. The number of nitrogens with zero attached hydrogens (tertiary/aromatic N) is 1. The third kappa shape index (κ3) is 2.51. The molecule has 0 atom stereocenters. The van der Waals surface area contributed by atoms with Crippen LogP contribution in [-0.2, 0) is 6.54 Å². The van der Waals surface area contributed by atoms with Crippen LogP contribution in [0.3, 0.4) is 0 Å². The second kappa shape index (κ2) is 4.51. The van der Waals surface area contributed by atoms with Crippen LogP contribution in [0.25, 0.3) is 11.5 Å². The van der Waals surface area contributed by atoms with Crippen molar-refractivity contribution in [2.45, 2.75) is 25.4 Å². The lowest BCUT2D eigenvalue weighted by Gasteiger charge is -1.98. The maximum Gasteiger partial charge on any atom is 0.227 e. The van der Waals surface area contributed by atoms with Crippen molar-refractivity contribution in [1.29, 1.82) is 0 Å². The van der Waals surface area contributed by atoms with Crippen molar-refractivity contribution in [2.75, 3.05) is 0 Å². The lowest BCUT2D eigenvalue weighted by atomic mass is 10.2. The monoisotopic (exact) mass is 248 g/mol. The van der Waals surface area contributed by atoms with Gasteiger partial charge in [0, 0.05) is 12.6 Å². The van der Waals surface area contributed by atoms with E-state index in [1.165, 1.54) is 12.8 Å². The van der Waals surface area contributed by atoms with Crippen LogP contribution in [-0.4, -0.2) is 11.0 Å². The molecular formula is C13H13ClN2O. The van der Waals surface area contributed by atoms with Gasteiger partial charge in [-0.3, -0.25) is 0 Å². The Labute approximate surface area is 105 Å². The molecule has 0 unspecified atom stereocenters. The maximum absolute atomic E-state index is 6.09. The molecule has 0 spiro atoms. The van der Waals surface area contributed by atoms with E-state index < -0.39 is 0 Å². The summed E-state index contributed by atoms with van der Waals surface area (Å²) in [7, 11) is 0. The van der Waals surface area contributed by atoms with Crippen LogP contribution in [0, 0.1) is 0 Å². The van der Waals surface area contributed by atoms with Gasteiger partial charge in [-0.1, -0.05) is 23.7 Å². The van der Waals surface area contributed by atoms with Crippen LogP contribution in [0.2, 0.25) is 5.02 Å². The molecule has 1 saturated carbocycles. The molecule has 0 bridgehead atoms. The van der Waals surface area contributed by atoms with Gasteiger partial charge in [0.1, 0.15) is 6.26 Å². The third-order valence-electron chi connectivity index (χ3n) is 2.81. The van der Waals surface area contributed by atoms with Crippen molar-refractivity contribution >= 4 is 11.6 Å². The predicted octanol–water partition coefficient (Wildman–Crippen LogP) is 3.25. The van der Waals surface area contributed by atoms with Crippen LogP contribution in [0.5, 0.6) is 0 Å². The van der Waals surface area contributed by atoms with Gasteiger partial charge in [0.15, 0.2) is 0 Å². The number of halogens is 1. The molecule has 17 heavy (non-hydrogen) atoms. The first-order valence-corrected chi connectivity index (χ1v) is 6.13. The van der Waals surface area contributed by atoms with E-state index in [1.807, 2.05) is 24.3 Å². The average molecular weight is 249 g/mol. The van der Waals surface area contributed by atoms with E-state index >= 15 is 0 Å². The Morgan fingerprint density at radius 3 is 2.94 bits per heavy atom. The highest BCUT2D eigenvalue weighted by atomic mass is 35.5. The number of aromatic nitrogens is 1. The summed E-state index contributed by atoms with van der Waals surface area (Å²) in [5, 5.41) is 4.06. The highest BCUT2D eigenvalue weighted by molar-refractivity contribution is 6.33. The topological polar surface area (TPSA) is 38.1 Å². The Hall–Kier alpha value is -1.32. The molecule has 3 rings (SSSR count). The molecule has 0 aliphatic heterocycles. The van der Waals surface area contributed by atoms with Gasteiger partial charge in [-0.2, -0.15) is 0 Å². The molecule has 1 aliphatic rings. The number of rotatable bonds is 4. The van der Waals surface area contributed by atoms with Crippen molar-refractivity contribution < 1.29 is 4.42 Å². The minimum Gasteiger partial charge on any atom is -0.444 e. The molecule has 0 saturated heterocycles. The first-order chi connectivity index (χ1) is 8.33. The smallest absolute Gasteiger partial charge is 0.227 e. The molecule has 0 amide bonds. The Morgan fingerprint density at radius 2 is 2.18 bits per heavy atom. The third-order valence-corrected chi connectivity index (χ3v) is 3.13.